The highest BCUT2D eigenvalue weighted by atomic mass is 16.2. The third-order valence-corrected chi connectivity index (χ3v) is 4.94. The molecule has 132 valence electrons. The molecule has 2 aromatic rings. The van der Waals surface area contributed by atoms with E-state index in [-0.39, 0.29) is 5.91 Å². The van der Waals surface area contributed by atoms with Crippen LogP contribution in [0.5, 0.6) is 0 Å². The van der Waals surface area contributed by atoms with E-state index in [1.807, 2.05) is 29.2 Å². The van der Waals surface area contributed by atoms with E-state index in [1.54, 1.807) is 0 Å². The smallest absolute Gasteiger partial charge is 0.223 e. The lowest BCUT2D eigenvalue weighted by Gasteiger charge is -2.27. The second-order valence-corrected chi connectivity index (χ2v) is 6.95. The van der Waals surface area contributed by atoms with Gasteiger partial charge in [-0.1, -0.05) is 60.7 Å². The van der Waals surface area contributed by atoms with E-state index >= 15 is 0 Å². The van der Waals surface area contributed by atoms with Crippen LogP contribution in [0.15, 0.2) is 60.7 Å². The van der Waals surface area contributed by atoms with Crippen molar-refractivity contribution < 1.29 is 4.79 Å². The number of benzene rings is 2. The van der Waals surface area contributed by atoms with Gasteiger partial charge >= 0.3 is 0 Å². The zero-order valence-corrected chi connectivity index (χ0v) is 14.9. The predicted molar refractivity (Wildman–Crippen MR) is 102 cm³/mol. The minimum atomic E-state index is 0.286. The molecule has 0 aromatic heterocycles. The molecule has 1 unspecified atom stereocenters. The minimum absolute atomic E-state index is 0.286. The van der Waals surface area contributed by atoms with Crippen LogP contribution in [-0.4, -0.2) is 30.4 Å². The molecule has 0 spiro atoms. The molecule has 2 aromatic carbocycles. The average Bonchev–Trinajstić information content (AvgIpc) is 2.67. The van der Waals surface area contributed by atoms with Crippen molar-refractivity contribution in [2.24, 2.45) is 5.92 Å². The van der Waals surface area contributed by atoms with Crippen molar-refractivity contribution in [2.45, 2.75) is 32.2 Å². The highest BCUT2D eigenvalue weighted by Crippen LogP contribution is 2.17. The van der Waals surface area contributed by atoms with Crippen molar-refractivity contribution in [3.05, 3.63) is 71.8 Å². The lowest BCUT2D eigenvalue weighted by atomic mass is 9.95. The van der Waals surface area contributed by atoms with Crippen molar-refractivity contribution in [1.82, 2.24) is 10.2 Å². The molecular weight excluding hydrogens is 308 g/mol. The maximum absolute atomic E-state index is 12.9. The Bertz CT molecular complexity index is 636. The third kappa shape index (κ3) is 5.71. The summed E-state index contributed by atoms with van der Waals surface area (Å²) in [6.07, 6.45) is 3.91. The van der Waals surface area contributed by atoms with Gasteiger partial charge in [-0.15, -0.1) is 0 Å². The molecule has 3 rings (SSSR count). The second-order valence-electron chi connectivity index (χ2n) is 6.95. The fraction of sp³-hybridized carbons (Fsp3) is 0.409. The van der Waals surface area contributed by atoms with Gasteiger partial charge in [-0.2, -0.15) is 0 Å². The zero-order chi connectivity index (χ0) is 17.3. The summed E-state index contributed by atoms with van der Waals surface area (Å²) in [5, 5.41) is 3.42. The van der Waals surface area contributed by atoms with Gasteiger partial charge in [0, 0.05) is 19.5 Å². The van der Waals surface area contributed by atoms with Gasteiger partial charge in [-0.3, -0.25) is 4.79 Å². The molecular formula is C22H28N2O. The minimum Gasteiger partial charge on any atom is -0.338 e. The van der Waals surface area contributed by atoms with Gasteiger partial charge in [0.25, 0.3) is 0 Å². The van der Waals surface area contributed by atoms with E-state index in [1.165, 1.54) is 17.5 Å². The highest BCUT2D eigenvalue weighted by molar-refractivity contribution is 5.76. The third-order valence-electron chi connectivity index (χ3n) is 4.94. The number of amides is 1. The van der Waals surface area contributed by atoms with Crippen molar-refractivity contribution >= 4 is 5.91 Å². The number of rotatable bonds is 7. The molecule has 3 heteroatoms. The fourth-order valence-corrected chi connectivity index (χ4v) is 3.48. The Morgan fingerprint density at radius 2 is 1.68 bits per heavy atom. The summed E-state index contributed by atoms with van der Waals surface area (Å²) in [6, 6.07) is 20.7. The molecule has 1 heterocycles. The van der Waals surface area contributed by atoms with E-state index in [4.69, 9.17) is 0 Å². The summed E-state index contributed by atoms with van der Waals surface area (Å²) in [5.74, 6) is 0.768. The first-order valence-corrected chi connectivity index (χ1v) is 9.37. The quantitative estimate of drug-likeness (QED) is 0.837. The molecule has 1 saturated heterocycles. The first-order valence-electron chi connectivity index (χ1n) is 9.37. The predicted octanol–water partition coefficient (Wildman–Crippen LogP) is 3.65. The fourth-order valence-electron chi connectivity index (χ4n) is 3.48. The van der Waals surface area contributed by atoms with E-state index in [2.05, 4.69) is 41.7 Å². The van der Waals surface area contributed by atoms with Crippen molar-refractivity contribution in [3.63, 3.8) is 0 Å². The van der Waals surface area contributed by atoms with Crippen LogP contribution >= 0.6 is 0 Å². The van der Waals surface area contributed by atoms with Crippen LogP contribution < -0.4 is 5.32 Å². The van der Waals surface area contributed by atoms with Crippen LogP contribution in [0, 0.1) is 5.92 Å². The average molecular weight is 336 g/mol. The topological polar surface area (TPSA) is 32.3 Å². The molecule has 3 nitrogen and oxygen atoms in total. The molecule has 1 amide bonds. The Kier molecular flexibility index (Phi) is 6.63. The van der Waals surface area contributed by atoms with Crippen LogP contribution in [0.25, 0.3) is 0 Å². The Balaban J connectivity index is 1.63. The Morgan fingerprint density at radius 1 is 1.00 bits per heavy atom. The molecule has 25 heavy (non-hydrogen) atoms. The highest BCUT2D eigenvalue weighted by Gasteiger charge is 2.21. The maximum atomic E-state index is 12.9. The molecule has 1 aliphatic rings. The number of hydrogen-bond acceptors (Lipinski definition) is 2. The molecule has 1 N–H and O–H groups in total. The van der Waals surface area contributed by atoms with Gasteiger partial charge in [0.2, 0.25) is 5.91 Å². The molecule has 1 aliphatic heterocycles. The normalized spacial score (nSPS) is 17.2. The Hall–Kier alpha value is -2.13. The van der Waals surface area contributed by atoms with Gasteiger partial charge in [0.1, 0.15) is 0 Å². The number of nitrogens with one attached hydrogen (secondary N) is 1. The molecule has 0 aliphatic carbocycles. The zero-order valence-electron chi connectivity index (χ0n) is 14.9. The molecule has 0 bridgehead atoms. The SMILES string of the molecule is O=C(CC1CCCNC1)N(CCc1ccccc1)Cc1ccccc1. The van der Waals surface area contributed by atoms with Crippen LogP contribution in [0.1, 0.15) is 30.4 Å². The number of piperidine rings is 1. The second kappa shape index (κ2) is 9.38. The van der Waals surface area contributed by atoms with Crippen molar-refractivity contribution in [2.75, 3.05) is 19.6 Å². The van der Waals surface area contributed by atoms with Crippen LogP contribution in [0.4, 0.5) is 0 Å². The lowest BCUT2D eigenvalue weighted by molar-refractivity contribution is -0.133. The van der Waals surface area contributed by atoms with Crippen molar-refractivity contribution in [3.8, 4) is 0 Å². The largest absolute Gasteiger partial charge is 0.338 e. The summed E-state index contributed by atoms with van der Waals surface area (Å²) in [7, 11) is 0. The standard InChI is InChI=1S/C22H28N2O/c25-22(16-21-12-7-14-23-17-21)24(18-20-10-5-2-6-11-20)15-13-19-8-3-1-4-9-19/h1-6,8-11,21,23H,7,12-18H2. The summed E-state index contributed by atoms with van der Waals surface area (Å²) < 4.78 is 0. The van der Waals surface area contributed by atoms with Gasteiger partial charge in [0.05, 0.1) is 0 Å². The molecule has 0 radical (unpaired) electrons. The summed E-state index contributed by atoms with van der Waals surface area (Å²) in [6.45, 7) is 3.54. The summed E-state index contributed by atoms with van der Waals surface area (Å²) in [4.78, 5) is 15.0. The molecule has 0 saturated carbocycles. The number of carbonyl (C=O) groups is 1. The van der Waals surface area contributed by atoms with Gasteiger partial charge < -0.3 is 10.2 Å². The van der Waals surface area contributed by atoms with E-state index in [9.17, 15) is 4.79 Å². The monoisotopic (exact) mass is 336 g/mol. The van der Waals surface area contributed by atoms with E-state index in [0.29, 0.717) is 18.9 Å². The number of carbonyl (C=O) groups excluding carboxylic acids is 1. The first kappa shape index (κ1) is 17.7. The summed E-state index contributed by atoms with van der Waals surface area (Å²) >= 11 is 0. The van der Waals surface area contributed by atoms with Gasteiger partial charge in [-0.05, 0) is 49.4 Å². The Morgan fingerprint density at radius 3 is 2.32 bits per heavy atom. The Labute approximate surface area is 151 Å². The van der Waals surface area contributed by atoms with Crippen molar-refractivity contribution in [1.29, 1.82) is 0 Å². The van der Waals surface area contributed by atoms with Crippen LogP contribution in [-0.2, 0) is 17.8 Å². The summed E-state index contributed by atoms with van der Waals surface area (Å²) in [5.41, 5.74) is 2.48. The first-order chi connectivity index (χ1) is 12.3. The molecule has 1 atom stereocenters. The van der Waals surface area contributed by atoms with Gasteiger partial charge in [-0.25, -0.2) is 0 Å². The van der Waals surface area contributed by atoms with Crippen LogP contribution in [0.3, 0.4) is 0 Å². The van der Waals surface area contributed by atoms with E-state index in [0.717, 1.165) is 32.5 Å². The maximum Gasteiger partial charge on any atom is 0.223 e. The van der Waals surface area contributed by atoms with Gasteiger partial charge in [0.15, 0.2) is 0 Å². The molecule has 1 fully saturated rings. The lowest BCUT2D eigenvalue weighted by Crippen LogP contribution is -2.37. The number of hydrogen-bond donors (Lipinski definition) is 1. The number of nitrogens with zero attached hydrogens (tertiary/aromatic N) is 1. The van der Waals surface area contributed by atoms with E-state index < -0.39 is 0 Å². The van der Waals surface area contributed by atoms with Crippen LogP contribution in [0.2, 0.25) is 0 Å².